The highest BCUT2D eigenvalue weighted by Crippen LogP contribution is 2.24. The van der Waals surface area contributed by atoms with Crippen molar-refractivity contribution in [2.75, 3.05) is 19.8 Å². The highest BCUT2D eigenvalue weighted by molar-refractivity contribution is 6.60. The predicted molar refractivity (Wildman–Crippen MR) is 93.9 cm³/mol. The van der Waals surface area contributed by atoms with Crippen LogP contribution in [0, 0.1) is 23.3 Å². The molecule has 26 heavy (non-hydrogen) atoms. The Hall–Kier alpha value is -0.963. The summed E-state index contributed by atoms with van der Waals surface area (Å²) >= 11 is 0. The number of rotatable bonds is 13. The van der Waals surface area contributed by atoms with Crippen molar-refractivity contribution in [3.8, 4) is 0 Å². The van der Waals surface area contributed by atoms with Crippen LogP contribution < -0.4 is 0 Å². The van der Waals surface area contributed by atoms with E-state index >= 15 is 0 Å². The van der Waals surface area contributed by atoms with E-state index in [1.54, 1.807) is 0 Å². The lowest BCUT2D eigenvalue weighted by Crippen LogP contribution is -2.46. The maximum atomic E-state index is 13.8. The third-order valence-corrected chi connectivity index (χ3v) is 6.58. The summed E-state index contributed by atoms with van der Waals surface area (Å²) < 4.78 is 71.3. The van der Waals surface area contributed by atoms with E-state index in [0.717, 1.165) is 19.3 Å². The molecular formula is C18H28F4O3Si. The molecule has 0 bridgehead atoms. The summed E-state index contributed by atoms with van der Waals surface area (Å²) in [6.07, 6.45) is 2.77. The van der Waals surface area contributed by atoms with Crippen molar-refractivity contribution >= 4 is 8.80 Å². The molecule has 0 fully saturated rings. The predicted octanol–water partition coefficient (Wildman–Crippen LogP) is 5.39. The van der Waals surface area contributed by atoms with Gasteiger partial charge in [-0.05, 0) is 43.7 Å². The Morgan fingerprint density at radius 3 is 1.73 bits per heavy atom. The van der Waals surface area contributed by atoms with Gasteiger partial charge in [-0.3, -0.25) is 0 Å². The molecular weight excluding hydrogens is 368 g/mol. The van der Waals surface area contributed by atoms with Gasteiger partial charge in [-0.2, -0.15) is 0 Å². The molecule has 1 aromatic rings. The SMILES string of the molecule is CCCO[Si](CCCc1cc(F)c(F)c(F)c1F)(OCCC)OCCC. The van der Waals surface area contributed by atoms with Crippen molar-refractivity contribution in [2.45, 2.75) is 58.9 Å². The van der Waals surface area contributed by atoms with Crippen LogP contribution in [0.1, 0.15) is 52.0 Å². The van der Waals surface area contributed by atoms with Crippen LogP contribution in [0.3, 0.4) is 0 Å². The quantitative estimate of drug-likeness (QED) is 0.194. The summed E-state index contributed by atoms with van der Waals surface area (Å²) in [5.41, 5.74) is -0.203. The molecule has 0 saturated carbocycles. The largest absolute Gasteiger partial charge is 0.500 e. The minimum atomic E-state index is -2.95. The summed E-state index contributed by atoms with van der Waals surface area (Å²) in [6.45, 7) is 7.35. The summed E-state index contributed by atoms with van der Waals surface area (Å²) in [7, 11) is -2.95. The van der Waals surface area contributed by atoms with Crippen LogP contribution in [-0.4, -0.2) is 28.6 Å². The van der Waals surface area contributed by atoms with Gasteiger partial charge in [-0.15, -0.1) is 0 Å². The second-order valence-corrected chi connectivity index (χ2v) is 8.77. The molecule has 150 valence electrons. The summed E-state index contributed by atoms with van der Waals surface area (Å²) in [6, 6.07) is 1.09. The molecule has 0 radical (unpaired) electrons. The minimum Gasteiger partial charge on any atom is -0.373 e. The summed E-state index contributed by atoms with van der Waals surface area (Å²) in [4.78, 5) is 0. The lowest BCUT2D eigenvalue weighted by molar-refractivity contribution is 0.0588. The lowest BCUT2D eigenvalue weighted by Gasteiger charge is -2.29. The molecule has 1 rings (SSSR count). The van der Waals surface area contributed by atoms with E-state index in [0.29, 0.717) is 38.4 Å². The van der Waals surface area contributed by atoms with Crippen LogP contribution in [0.2, 0.25) is 6.04 Å². The first kappa shape index (κ1) is 23.1. The zero-order valence-corrected chi connectivity index (χ0v) is 16.7. The second-order valence-electron chi connectivity index (χ2n) is 6.04. The number of hydrogen-bond donors (Lipinski definition) is 0. The molecule has 1 aromatic carbocycles. The van der Waals surface area contributed by atoms with E-state index in [1.165, 1.54) is 0 Å². The van der Waals surface area contributed by atoms with Gasteiger partial charge in [0.15, 0.2) is 23.3 Å². The van der Waals surface area contributed by atoms with Gasteiger partial charge in [0.05, 0.1) is 0 Å². The first-order valence-electron chi connectivity index (χ1n) is 9.14. The maximum Gasteiger partial charge on any atom is 0.500 e. The van der Waals surface area contributed by atoms with Crippen molar-refractivity contribution in [1.29, 1.82) is 0 Å². The normalized spacial score (nSPS) is 12.0. The van der Waals surface area contributed by atoms with E-state index in [1.807, 2.05) is 20.8 Å². The Kier molecular flexibility index (Phi) is 10.4. The van der Waals surface area contributed by atoms with Crippen LogP contribution in [0.15, 0.2) is 6.07 Å². The Morgan fingerprint density at radius 1 is 0.769 bits per heavy atom. The average Bonchev–Trinajstić information content (AvgIpc) is 2.64. The number of benzene rings is 1. The first-order valence-corrected chi connectivity index (χ1v) is 11.1. The molecule has 0 amide bonds. The zero-order valence-electron chi connectivity index (χ0n) is 15.7. The van der Waals surface area contributed by atoms with Crippen LogP contribution in [0.4, 0.5) is 17.6 Å². The van der Waals surface area contributed by atoms with E-state index in [4.69, 9.17) is 13.3 Å². The third-order valence-electron chi connectivity index (χ3n) is 3.69. The van der Waals surface area contributed by atoms with Gasteiger partial charge < -0.3 is 13.3 Å². The van der Waals surface area contributed by atoms with Gasteiger partial charge >= 0.3 is 8.80 Å². The van der Waals surface area contributed by atoms with Gasteiger partial charge in [-0.25, -0.2) is 17.6 Å². The van der Waals surface area contributed by atoms with Gasteiger partial charge in [0.1, 0.15) is 0 Å². The van der Waals surface area contributed by atoms with Crippen molar-refractivity contribution in [1.82, 2.24) is 0 Å². The molecule has 0 aromatic heterocycles. The Morgan fingerprint density at radius 2 is 1.27 bits per heavy atom. The number of halogens is 4. The molecule has 0 aliphatic carbocycles. The fourth-order valence-corrected chi connectivity index (χ4v) is 5.25. The molecule has 0 atom stereocenters. The Balaban J connectivity index is 2.84. The molecule has 0 unspecified atom stereocenters. The molecule has 3 nitrogen and oxygen atoms in total. The van der Waals surface area contributed by atoms with Crippen molar-refractivity contribution in [3.63, 3.8) is 0 Å². The topological polar surface area (TPSA) is 27.7 Å². The monoisotopic (exact) mass is 396 g/mol. The van der Waals surface area contributed by atoms with E-state index in [-0.39, 0.29) is 12.0 Å². The highest BCUT2D eigenvalue weighted by Gasteiger charge is 2.40. The highest BCUT2D eigenvalue weighted by atomic mass is 28.4. The van der Waals surface area contributed by atoms with Gasteiger partial charge in [0, 0.05) is 25.9 Å². The van der Waals surface area contributed by atoms with Crippen molar-refractivity contribution < 1.29 is 30.8 Å². The lowest BCUT2D eigenvalue weighted by atomic mass is 10.1. The van der Waals surface area contributed by atoms with Crippen LogP contribution >= 0.6 is 0 Å². The zero-order chi connectivity index (χ0) is 19.6. The molecule has 8 heteroatoms. The summed E-state index contributed by atoms with van der Waals surface area (Å²) in [5.74, 6) is -6.32. The van der Waals surface area contributed by atoms with E-state index < -0.39 is 32.1 Å². The number of hydrogen-bond acceptors (Lipinski definition) is 3. The van der Waals surface area contributed by atoms with Crippen molar-refractivity contribution in [3.05, 3.63) is 34.9 Å². The second kappa shape index (κ2) is 11.7. The Labute approximate surface area is 154 Å². The van der Waals surface area contributed by atoms with E-state index in [2.05, 4.69) is 0 Å². The van der Waals surface area contributed by atoms with Crippen LogP contribution in [-0.2, 0) is 19.7 Å². The standard InChI is InChI=1S/C18H28F4O3Si/c1-4-9-23-26(24-10-5-2,25-11-6-3)12-7-8-14-13-15(19)17(21)18(22)16(14)20/h13H,4-12H2,1-3H3. The molecule has 0 aliphatic rings. The van der Waals surface area contributed by atoms with Gasteiger partial charge in [0.25, 0.3) is 0 Å². The van der Waals surface area contributed by atoms with Crippen LogP contribution in [0.5, 0.6) is 0 Å². The fourth-order valence-electron chi connectivity index (χ4n) is 2.41. The molecule has 0 spiro atoms. The molecule has 0 saturated heterocycles. The smallest absolute Gasteiger partial charge is 0.373 e. The minimum absolute atomic E-state index is 0.0369. The van der Waals surface area contributed by atoms with Gasteiger partial charge in [0.2, 0.25) is 0 Å². The van der Waals surface area contributed by atoms with Crippen molar-refractivity contribution in [2.24, 2.45) is 0 Å². The first-order chi connectivity index (χ1) is 12.4. The molecule has 0 heterocycles. The third kappa shape index (κ3) is 6.64. The Bertz CT molecular complexity index is 536. The molecule has 0 N–H and O–H groups in total. The van der Waals surface area contributed by atoms with Crippen LogP contribution in [0.25, 0.3) is 0 Å². The van der Waals surface area contributed by atoms with Gasteiger partial charge in [-0.1, -0.05) is 20.8 Å². The maximum absolute atomic E-state index is 13.8. The summed E-state index contributed by atoms with van der Waals surface area (Å²) in [5, 5.41) is 0. The van der Waals surface area contributed by atoms with E-state index in [9.17, 15) is 17.6 Å². The fraction of sp³-hybridized carbons (Fsp3) is 0.667. The number of aryl methyl sites for hydroxylation is 1. The average molecular weight is 396 g/mol. The molecule has 0 aliphatic heterocycles.